The van der Waals surface area contributed by atoms with Crippen LogP contribution in [0.4, 0.5) is 0 Å². The fourth-order valence-electron chi connectivity index (χ4n) is 7.86. The highest BCUT2D eigenvalue weighted by atomic mass is 16.3. The van der Waals surface area contributed by atoms with Crippen LogP contribution in [0.25, 0.3) is 111 Å². The average Bonchev–Trinajstić information content (AvgIpc) is 3.85. The van der Waals surface area contributed by atoms with Crippen LogP contribution in [0.3, 0.4) is 0 Å². The first kappa shape index (κ1) is 31.9. The molecule has 3 aromatic heterocycles. The van der Waals surface area contributed by atoms with E-state index in [1.54, 1.807) is 0 Å². The highest BCUT2D eigenvalue weighted by Crippen LogP contribution is 2.42. The Morgan fingerprint density at radius 3 is 1.62 bits per heavy atom. The molecule has 3 heterocycles. The Morgan fingerprint density at radius 2 is 0.804 bits per heavy atom. The molecule has 0 bridgehead atoms. The molecule has 0 N–H and O–H groups in total. The minimum atomic E-state index is 0.574. The molecule has 8 aromatic carbocycles. The van der Waals surface area contributed by atoms with Gasteiger partial charge in [0.25, 0.3) is 0 Å². The van der Waals surface area contributed by atoms with E-state index < -0.39 is 0 Å². The second-order valence-corrected chi connectivity index (χ2v) is 14.0. The Balaban J connectivity index is 1.17. The number of hydrogen-bond acceptors (Lipinski definition) is 5. The van der Waals surface area contributed by atoms with Crippen molar-refractivity contribution in [2.75, 3.05) is 0 Å². The highest BCUT2D eigenvalue weighted by Gasteiger charge is 2.21. The molecule has 262 valence electrons. The molecule has 0 fully saturated rings. The van der Waals surface area contributed by atoms with Crippen LogP contribution in [0.1, 0.15) is 0 Å². The third-order valence-corrected chi connectivity index (χ3v) is 10.6. The molecule has 11 rings (SSSR count). The summed E-state index contributed by atoms with van der Waals surface area (Å²) in [6.07, 6.45) is 0. The standard InChI is InChI=1S/C51H31N3O2/c1-3-13-32(14-4-1)34-17-11-18-37(29-34)50-52-49(33-15-5-2-6-16-33)53-51(54-50)43-30-35(36-26-28-40-39-19-7-9-22-44(39)56-47(40)31-36)25-27-38(43)41-21-12-24-46-48(41)42-20-8-10-23-45(42)55-46/h1-31H. The molecule has 56 heavy (non-hydrogen) atoms. The van der Waals surface area contributed by atoms with Crippen molar-refractivity contribution in [2.24, 2.45) is 0 Å². The van der Waals surface area contributed by atoms with Gasteiger partial charge >= 0.3 is 0 Å². The second-order valence-electron chi connectivity index (χ2n) is 14.0. The van der Waals surface area contributed by atoms with Crippen LogP contribution >= 0.6 is 0 Å². The molecule has 5 nitrogen and oxygen atoms in total. The van der Waals surface area contributed by atoms with Crippen molar-refractivity contribution in [1.82, 2.24) is 15.0 Å². The quantitative estimate of drug-likeness (QED) is 0.171. The zero-order valence-electron chi connectivity index (χ0n) is 30.1. The number of furan rings is 2. The van der Waals surface area contributed by atoms with Crippen molar-refractivity contribution >= 4 is 43.9 Å². The van der Waals surface area contributed by atoms with E-state index in [-0.39, 0.29) is 0 Å². The largest absolute Gasteiger partial charge is 0.456 e. The van der Waals surface area contributed by atoms with Gasteiger partial charge in [-0.05, 0) is 75.8 Å². The van der Waals surface area contributed by atoms with E-state index >= 15 is 0 Å². The van der Waals surface area contributed by atoms with E-state index in [2.05, 4.69) is 115 Å². The summed E-state index contributed by atoms with van der Waals surface area (Å²) in [5.74, 6) is 1.77. The van der Waals surface area contributed by atoms with Gasteiger partial charge in [-0.2, -0.15) is 0 Å². The first-order valence-electron chi connectivity index (χ1n) is 18.7. The van der Waals surface area contributed by atoms with Crippen LogP contribution in [0.5, 0.6) is 0 Å². The zero-order valence-corrected chi connectivity index (χ0v) is 30.1. The lowest BCUT2D eigenvalue weighted by molar-refractivity contribution is 0.668. The number of benzene rings is 8. The van der Waals surface area contributed by atoms with Crippen LogP contribution in [-0.4, -0.2) is 15.0 Å². The smallest absolute Gasteiger partial charge is 0.164 e. The highest BCUT2D eigenvalue weighted by molar-refractivity contribution is 6.14. The van der Waals surface area contributed by atoms with E-state index in [0.717, 1.165) is 93.9 Å². The van der Waals surface area contributed by atoms with Gasteiger partial charge in [0, 0.05) is 38.2 Å². The number of aromatic nitrogens is 3. The normalized spacial score (nSPS) is 11.6. The van der Waals surface area contributed by atoms with E-state index in [4.69, 9.17) is 23.8 Å². The van der Waals surface area contributed by atoms with Crippen molar-refractivity contribution in [3.63, 3.8) is 0 Å². The SMILES string of the molecule is c1ccc(-c2cccc(-c3nc(-c4ccccc4)nc(-c4cc(-c5ccc6c(c5)oc5ccccc56)ccc4-c4cccc5oc6ccccc6c45)n3)c2)cc1. The Labute approximate surface area is 322 Å². The maximum atomic E-state index is 6.37. The van der Waals surface area contributed by atoms with Crippen LogP contribution in [0, 0.1) is 0 Å². The van der Waals surface area contributed by atoms with Crippen molar-refractivity contribution in [2.45, 2.75) is 0 Å². The van der Waals surface area contributed by atoms with Gasteiger partial charge in [0.15, 0.2) is 17.5 Å². The first-order chi connectivity index (χ1) is 27.7. The molecular formula is C51H31N3O2. The van der Waals surface area contributed by atoms with Crippen LogP contribution in [0.15, 0.2) is 197 Å². The Bertz CT molecular complexity index is 3250. The van der Waals surface area contributed by atoms with Crippen LogP contribution in [0.2, 0.25) is 0 Å². The second kappa shape index (κ2) is 13.0. The van der Waals surface area contributed by atoms with Gasteiger partial charge in [0.1, 0.15) is 22.3 Å². The molecule has 0 aliphatic heterocycles. The summed E-state index contributed by atoms with van der Waals surface area (Å²) in [6.45, 7) is 0. The third kappa shape index (κ3) is 5.45. The lowest BCUT2D eigenvalue weighted by Gasteiger charge is -2.15. The van der Waals surface area contributed by atoms with Gasteiger partial charge in [-0.1, -0.05) is 146 Å². The number of nitrogens with zero attached hydrogens (tertiary/aromatic N) is 3. The third-order valence-electron chi connectivity index (χ3n) is 10.6. The topological polar surface area (TPSA) is 65.0 Å². The lowest BCUT2D eigenvalue weighted by Crippen LogP contribution is -2.01. The zero-order chi connectivity index (χ0) is 37.0. The van der Waals surface area contributed by atoms with Gasteiger partial charge in [-0.3, -0.25) is 0 Å². The summed E-state index contributed by atoms with van der Waals surface area (Å²) in [5.41, 5.74) is 12.4. The summed E-state index contributed by atoms with van der Waals surface area (Å²) >= 11 is 0. The summed E-state index contributed by atoms with van der Waals surface area (Å²) in [6, 6.07) is 64.5. The number of hydrogen-bond donors (Lipinski definition) is 0. The van der Waals surface area contributed by atoms with Crippen molar-refractivity contribution in [3.8, 4) is 67.5 Å². The summed E-state index contributed by atoms with van der Waals surface area (Å²) in [5, 5.41) is 4.30. The number of rotatable bonds is 6. The van der Waals surface area contributed by atoms with Crippen LogP contribution < -0.4 is 0 Å². The molecule has 0 radical (unpaired) electrons. The average molecular weight is 718 g/mol. The predicted molar refractivity (Wildman–Crippen MR) is 227 cm³/mol. The molecule has 11 aromatic rings. The van der Waals surface area contributed by atoms with Crippen molar-refractivity contribution in [3.05, 3.63) is 188 Å². The summed E-state index contributed by atoms with van der Waals surface area (Å²) < 4.78 is 12.7. The van der Waals surface area contributed by atoms with Gasteiger partial charge in [-0.15, -0.1) is 0 Å². The lowest BCUT2D eigenvalue weighted by atomic mass is 9.91. The maximum Gasteiger partial charge on any atom is 0.164 e. The molecule has 0 amide bonds. The predicted octanol–water partition coefficient (Wildman–Crippen LogP) is 13.7. The fraction of sp³-hybridized carbons (Fsp3) is 0. The van der Waals surface area contributed by atoms with Crippen LogP contribution in [-0.2, 0) is 0 Å². The minimum Gasteiger partial charge on any atom is -0.456 e. The van der Waals surface area contributed by atoms with Gasteiger partial charge in [-0.25, -0.2) is 15.0 Å². The van der Waals surface area contributed by atoms with E-state index in [9.17, 15) is 0 Å². The molecule has 0 saturated carbocycles. The number of para-hydroxylation sites is 2. The molecule has 0 atom stereocenters. The Kier molecular flexibility index (Phi) is 7.42. The first-order valence-corrected chi connectivity index (χ1v) is 18.7. The molecular weight excluding hydrogens is 687 g/mol. The molecule has 0 spiro atoms. The van der Waals surface area contributed by atoms with E-state index in [1.165, 1.54) is 0 Å². The van der Waals surface area contributed by atoms with Gasteiger partial charge in [0.2, 0.25) is 0 Å². The van der Waals surface area contributed by atoms with Gasteiger partial charge < -0.3 is 8.83 Å². The minimum absolute atomic E-state index is 0.574. The Morgan fingerprint density at radius 1 is 0.268 bits per heavy atom. The summed E-state index contributed by atoms with van der Waals surface area (Å²) in [7, 11) is 0. The summed E-state index contributed by atoms with van der Waals surface area (Å²) in [4.78, 5) is 15.7. The molecule has 0 saturated heterocycles. The molecule has 0 aliphatic carbocycles. The molecule has 0 aliphatic rings. The molecule has 0 unspecified atom stereocenters. The maximum absolute atomic E-state index is 6.37. The van der Waals surface area contributed by atoms with Gasteiger partial charge in [0.05, 0.1) is 0 Å². The Hall–Kier alpha value is -7.63. The van der Waals surface area contributed by atoms with E-state index in [0.29, 0.717) is 17.5 Å². The van der Waals surface area contributed by atoms with Crippen molar-refractivity contribution in [1.29, 1.82) is 0 Å². The number of fused-ring (bicyclic) bond motifs is 6. The molecule has 5 heteroatoms. The van der Waals surface area contributed by atoms with E-state index in [1.807, 2.05) is 72.8 Å². The fourth-order valence-corrected chi connectivity index (χ4v) is 7.86. The monoisotopic (exact) mass is 717 g/mol. The van der Waals surface area contributed by atoms with Crippen molar-refractivity contribution < 1.29 is 8.83 Å².